The van der Waals surface area contributed by atoms with E-state index in [-0.39, 0.29) is 0 Å². The van der Waals surface area contributed by atoms with E-state index in [1.54, 1.807) is 0 Å². The second-order valence-corrected chi connectivity index (χ2v) is 8.52. The summed E-state index contributed by atoms with van der Waals surface area (Å²) in [7, 11) is 0. The highest BCUT2D eigenvalue weighted by molar-refractivity contribution is 5.67. The van der Waals surface area contributed by atoms with Gasteiger partial charge >= 0.3 is 0 Å². The molecule has 0 radical (unpaired) electrons. The van der Waals surface area contributed by atoms with Crippen LogP contribution in [0, 0.1) is 0 Å². The normalized spacial score (nSPS) is 11.0. The van der Waals surface area contributed by atoms with Gasteiger partial charge in [0.2, 0.25) is 0 Å². The van der Waals surface area contributed by atoms with E-state index in [0.717, 1.165) is 12.8 Å². The molecule has 29 heavy (non-hydrogen) atoms. The number of unbranched alkanes of at least 4 members (excludes halogenated alkanes) is 4. The quantitative estimate of drug-likeness (QED) is 0.338. The maximum absolute atomic E-state index is 3.83. The lowest BCUT2D eigenvalue weighted by Crippen LogP contribution is -2.02. The van der Waals surface area contributed by atoms with Crippen LogP contribution in [0.15, 0.2) is 36.4 Å². The number of anilines is 2. The predicted molar refractivity (Wildman–Crippen MR) is 131 cm³/mol. The van der Waals surface area contributed by atoms with Crippen LogP contribution in [0.5, 0.6) is 0 Å². The van der Waals surface area contributed by atoms with E-state index in [1.165, 1.54) is 97.8 Å². The molecule has 1 nitrogen and oxygen atoms in total. The minimum Gasteiger partial charge on any atom is -0.355 e. The predicted octanol–water partition coefficient (Wildman–Crippen LogP) is 8.80. The Hall–Kier alpha value is -1.76. The molecule has 2 aromatic rings. The van der Waals surface area contributed by atoms with Crippen LogP contribution in [0.4, 0.5) is 11.4 Å². The standard InChI is InChI=1S/C28H43N/c1-5-9-13-23-17-19-27(25(21-23)15-11-7-3)29-28-20-18-24(14-10-6-2)22-26(28)16-12-8-4/h17-22,29H,5-16H2,1-4H3. The zero-order valence-corrected chi connectivity index (χ0v) is 19.4. The molecule has 0 unspecified atom stereocenters. The van der Waals surface area contributed by atoms with E-state index < -0.39 is 0 Å². The first kappa shape index (κ1) is 23.5. The van der Waals surface area contributed by atoms with Crippen molar-refractivity contribution in [2.75, 3.05) is 5.32 Å². The molecule has 0 amide bonds. The van der Waals surface area contributed by atoms with Crippen molar-refractivity contribution in [3.63, 3.8) is 0 Å². The lowest BCUT2D eigenvalue weighted by atomic mass is 9.98. The van der Waals surface area contributed by atoms with Gasteiger partial charge in [0, 0.05) is 11.4 Å². The van der Waals surface area contributed by atoms with Crippen molar-refractivity contribution in [3.05, 3.63) is 58.7 Å². The van der Waals surface area contributed by atoms with E-state index in [4.69, 9.17) is 0 Å². The Morgan fingerprint density at radius 1 is 0.517 bits per heavy atom. The highest BCUT2D eigenvalue weighted by Gasteiger charge is 2.09. The van der Waals surface area contributed by atoms with E-state index in [9.17, 15) is 0 Å². The number of hydrogen-bond donors (Lipinski definition) is 1. The summed E-state index contributed by atoms with van der Waals surface area (Å²) < 4.78 is 0. The molecular formula is C28H43N. The summed E-state index contributed by atoms with van der Waals surface area (Å²) in [6, 6.07) is 14.2. The molecule has 1 heteroatoms. The van der Waals surface area contributed by atoms with Crippen LogP contribution in [0.2, 0.25) is 0 Å². The first-order valence-electron chi connectivity index (χ1n) is 12.2. The van der Waals surface area contributed by atoms with Crippen LogP contribution in [0.25, 0.3) is 0 Å². The summed E-state index contributed by atoms with van der Waals surface area (Å²) in [6.45, 7) is 9.11. The molecule has 0 aliphatic heterocycles. The Morgan fingerprint density at radius 3 is 1.28 bits per heavy atom. The SMILES string of the molecule is CCCCc1ccc(Nc2ccc(CCCC)cc2CCCC)c(CCCC)c1. The van der Waals surface area contributed by atoms with Gasteiger partial charge in [-0.25, -0.2) is 0 Å². The number of rotatable bonds is 14. The summed E-state index contributed by atoms with van der Waals surface area (Å²) >= 11 is 0. The van der Waals surface area contributed by atoms with Gasteiger partial charge in [-0.05, 0) is 85.8 Å². The molecule has 160 valence electrons. The molecule has 2 aromatic carbocycles. The second kappa shape index (κ2) is 13.5. The zero-order chi connectivity index (χ0) is 20.9. The first-order chi connectivity index (χ1) is 14.2. The minimum absolute atomic E-state index is 1.16. The molecular weight excluding hydrogens is 350 g/mol. The van der Waals surface area contributed by atoms with Crippen molar-refractivity contribution >= 4 is 11.4 Å². The van der Waals surface area contributed by atoms with Gasteiger partial charge in [0.15, 0.2) is 0 Å². The van der Waals surface area contributed by atoms with Gasteiger partial charge in [0.1, 0.15) is 0 Å². The fraction of sp³-hybridized carbons (Fsp3) is 0.571. The monoisotopic (exact) mass is 393 g/mol. The molecule has 0 saturated heterocycles. The molecule has 0 aliphatic rings. The second-order valence-electron chi connectivity index (χ2n) is 8.52. The van der Waals surface area contributed by atoms with Crippen molar-refractivity contribution in [3.8, 4) is 0 Å². The smallest absolute Gasteiger partial charge is 0.0417 e. The van der Waals surface area contributed by atoms with E-state index in [1.807, 2.05) is 0 Å². The molecule has 0 heterocycles. The van der Waals surface area contributed by atoms with E-state index in [2.05, 4.69) is 69.4 Å². The minimum atomic E-state index is 1.16. The fourth-order valence-corrected chi connectivity index (χ4v) is 3.90. The third-order valence-electron chi connectivity index (χ3n) is 5.85. The first-order valence-corrected chi connectivity index (χ1v) is 12.2. The van der Waals surface area contributed by atoms with Crippen LogP contribution < -0.4 is 5.32 Å². The zero-order valence-electron chi connectivity index (χ0n) is 19.4. The molecule has 0 spiro atoms. The van der Waals surface area contributed by atoms with Gasteiger partial charge in [0.25, 0.3) is 0 Å². The Labute approximate surface area is 180 Å². The third kappa shape index (κ3) is 7.88. The molecule has 0 fully saturated rings. The molecule has 0 aromatic heterocycles. The largest absolute Gasteiger partial charge is 0.355 e. The highest BCUT2D eigenvalue weighted by atomic mass is 14.9. The molecule has 0 atom stereocenters. The number of nitrogens with one attached hydrogen (secondary N) is 1. The van der Waals surface area contributed by atoms with Crippen molar-refractivity contribution in [1.82, 2.24) is 0 Å². The maximum atomic E-state index is 3.83. The van der Waals surface area contributed by atoms with Crippen molar-refractivity contribution in [2.45, 2.75) is 105 Å². The van der Waals surface area contributed by atoms with Crippen LogP contribution >= 0.6 is 0 Å². The summed E-state index contributed by atoms with van der Waals surface area (Å²) in [5.41, 5.74) is 8.55. The van der Waals surface area contributed by atoms with Gasteiger partial charge < -0.3 is 5.32 Å². The van der Waals surface area contributed by atoms with E-state index >= 15 is 0 Å². The average Bonchev–Trinajstić information content (AvgIpc) is 2.75. The average molecular weight is 394 g/mol. The van der Waals surface area contributed by atoms with Gasteiger partial charge in [0.05, 0.1) is 0 Å². The topological polar surface area (TPSA) is 12.0 Å². The fourth-order valence-electron chi connectivity index (χ4n) is 3.90. The molecule has 0 saturated carbocycles. The van der Waals surface area contributed by atoms with Crippen molar-refractivity contribution < 1.29 is 0 Å². The Balaban J connectivity index is 2.27. The summed E-state index contributed by atoms with van der Waals surface area (Å²) in [5.74, 6) is 0. The Morgan fingerprint density at radius 2 is 0.897 bits per heavy atom. The summed E-state index contributed by atoms with van der Waals surface area (Å²) in [4.78, 5) is 0. The molecule has 0 bridgehead atoms. The number of benzene rings is 2. The molecule has 2 rings (SSSR count). The van der Waals surface area contributed by atoms with Crippen molar-refractivity contribution in [2.24, 2.45) is 0 Å². The highest BCUT2D eigenvalue weighted by Crippen LogP contribution is 2.28. The van der Waals surface area contributed by atoms with Crippen LogP contribution in [-0.2, 0) is 25.7 Å². The summed E-state index contributed by atoms with van der Waals surface area (Å²) in [5, 5.41) is 3.83. The lowest BCUT2D eigenvalue weighted by molar-refractivity contribution is 0.779. The Bertz CT molecular complexity index is 655. The lowest BCUT2D eigenvalue weighted by Gasteiger charge is -2.18. The van der Waals surface area contributed by atoms with Crippen LogP contribution in [-0.4, -0.2) is 0 Å². The van der Waals surface area contributed by atoms with Crippen LogP contribution in [0.3, 0.4) is 0 Å². The van der Waals surface area contributed by atoms with Gasteiger partial charge in [-0.2, -0.15) is 0 Å². The van der Waals surface area contributed by atoms with Gasteiger partial charge in [-0.3, -0.25) is 0 Å². The van der Waals surface area contributed by atoms with Gasteiger partial charge in [-0.15, -0.1) is 0 Å². The molecule has 0 aliphatic carbocycles. The number of aryl methyl sites for hydroxylation is 4. The maximum Gasteiger partial charge on any atom is 0.0417 e. The van der Waals surface area contributed by atoms with Crippen molar-refractivity contribution in [1.29, 1.82) is 0 Å². The van der Waals surface area contributed by atoms with E-state index in [0.29, 0.717) is 0 Å². The number of hydrogen-bond acceptors (Lipinski definition) is 1. The summed E-state index contributed by atoms with van der Waals surface area (Å²) in [6.07, 6.45) is 14.8. The van der Waals surface area contributed by atoms with Gasteiger partial charge in [-0.1, -0.05) is 77.6 Å². The molecule has 1 N–H and O–H groups in total. The third-order valence-corrected chi connectivity index (χ3v) is 5.85. The van der Waals surface area contributed by atoms with Crippen LogP contribution in [0.1, 0.15) is 101 Å². The Kier molecular flexibility index (Phi) is 10.9.